The van der Waals surface area contributed by atoms with Gasteiger partial charge in [-0.3, -0.25) is 0 Å². The Morgan fingerprint density at radius 2 is 1.92 bits per heavy atom. The molecule has 0 radical (unpaired) electrons. The molecule has 2 heteroatoms. The third kappa shape index (κ3) is 10.4. The van der Waals surface area contributed by atoms with Gasteiger partial charge in [0.2, 0.25) is 0 Å². The lowest BCUT2D eigenvalue weighted by Gasteiger charge is -2.04. The van der Waals surface area contributed by atoms with Gasteiger partial charge in [-0.25, -0.2) is 0 Å². The largest absolute Gasteiger partial charge is 0.328 e. The van der Waals surface area contributed by atoms with Crippen molar-refractivity contribution in [3.63, 3.8) is 0 Å². The third-order valence-corrected chi connectivity index (χ3v) is 3.33. The molecular formula is C10H24NP. The van der Waals surface area contributed by atoms with Crippen LogP contribution < -0.4 is 5.73 Å². The average molecular weight is 189 g/mol. The molecule has 0 spiro atoms. The summed E-state index contributed by atoms with van der Waals surface area (Å²) in [5.41, 5.74) is 5.66. The van der Waals surface area contributed by atoms with Gasteiger partial charge in [0.05, 0.1) is 0 Å². The van der Waals surface area contributed by atoms with E-state index < -0.39 is 0 Å². The molecule has 1 nitrogen and oxygen atoms in total. The first-order chi connectivity index (χ1) is 5.77. The summed E-state index contributed by atoms with van der Waals surface area (Å²) in [7, 11) is 1.16. The molecule has 0 aromatic heterocycles. The maximum atomic E-state index is 5.66. The van der Waals surface area contributed by atoms with Gasteiger partial charge < -0.3 is 5.73 Å². The topological polar surface area (TPSA) is 26.0 Å². The van der Waals surface area contributed by atoms with Gasteiger partial charge in [0, 0.05) is 6.04 Å². The summed E-state index contributed by atoms with van der Waals surface area (Å²) in [5.74, 6) is 0. The van der Waals surface area contributed by atoms with Crippen molar-refractivity contribution in [2.45, 2.75) is 52.0 Å². The standard InChI is InChI=1S/C10H24NP/c1-3-4-5-6-8-12-9-7-10(2)11/h10,12H,3-9,11H2,1-2H3. The van der Waals surface area contributed by atoms with Crippen LogP contribution in [-0.4, -0.2) is 18.4 Å². The first kappa shape index (κ1) is 12.4. The molecule has 0 saturated carbocycles. The zero-order valence-electron chi connectivity index (χ0n) is 8.60. The van der Waals surface area contributed by atoms with Gasteiger partial charge in [-0.05, 0) is 32.1 Å². The van der Waals surface area contributed by atoms with Gasteiger partial charge in [-0.1, -0.05) is 26.2 Å². The van der Waals surface area contributed by atoms with Crippen molar-refractivity contribution in [2.24, 2.45) is 5.73 Å². The van der Waals surface area contributed by atoms with E-state index in [2.05, 4.69) is 13.8 Å². The van der Waals surface area contributed by atoms with E-state index in [0.29, 0.717) is 6.04 Å². The molecule has 0 amide bonds. The summed E-state index contributed by atoms with van der Waals surface area (Å²) in [6, 6.07) is 0.410. The van der Waals surface area contributed by atoms with Crippen molar-refractivity contribution >= 4 is 8.58 Å². The normalized spacial score (nSPS) is 14.2. The van der Waals surface area contributed by atoms with Gasteiger partial charge in [-0.2, -0.15) is 0 Å². The minimum absolute atomic E-state index is 0.410. The summed E-state index contributed by atoms with van der Waals surface area (Å²) < 4.78 is 0. The lowest BCUT2D eigenvalue weighted by Crippen LogP contribution is -2.14. The zero-order chi connectivity index (χ0) is 9.23. The number of nitrogens with two attached hydrogens (primary N) is 1. The predicted octanol–water partition coefficient (Wildman–Crippen LogP) is 2.98. The van der Waals surface area contributed by atoms with Crippen LogP contribution >= 0.6 is 8.58 Å². The Labute approximate surface area is 79.3 Å². The van der Waals surface area contributed by atoms with Crippen LogP contribution in [0.4, 0.5) is 0 Å². The van der Waals surface area contributed by atoms with Crippen LogP contribution in [0.1, 0.15) is 46.0 Å². The summed E-state index contributed by atoms with van der Waals surface area (Å²) in [6.45, 7) is 4.36. The number of hydrogen-bond acceptors (Lipinski definition) is 1. The van der Waals surface area contributed by atoms with E-state index in [9.17, 15) is 0 Å². The van der Waals surface area contributed by atoms with Crippen molar-refractivity contribution < 1.29 is 0 Å². The molecule has 0 rings (SSSR count). The van der Waals surface area contributed by atoms with Gasteiger partial charge in [0.25, 0.3) is 0 Å². The number of hydrogen-bond donors (Lipinski definition) is 1. The Balaban J connectivity index is 2.82. The van der Waals surface area contributed by atoms with E-state index in [1.165, 1.54) is 44.4 Å². The van der Waals surface area contributed by atoms with Crippen molar-refractivity contribution in [1.29, 1.82) is 0 Å². The molecule has 0 aliphatic carbocycles. The van der Waals surface area contributed by atoms with Gasteiger partial charge >= 0.3 is 0 Å². The maximum Gasteiger partial charge on any atom is 0.00137 e. The van der Waals surface area contributed by atoms with E-state index in [1.54, 1.807) is 0 Å². The smallest absolute Gasteiger partial charge is 0.00137 e. The monoisotopic (exact) mass is 189 g/mol. The molecule has 0 aliphatic rings. The van der Waals surface area contributed by atoms with Gasteiger partial charge in [0.1, 0.15) is 0 Å². The van der Waals surface area contributed by atoms with Gasteiger partial charge in [0.15, 0.2) is 0 Å². The van der Waals surface area contributed by atoms with Crippen LogP contribution in [0.5, 0.6) is 0 Å². The molecule has 0 bridgehead atoms. The molecule has 0 aromatic rings. The van der Waals surface area contributed by atoms with Crippen molar-refractivity contribution in [1.82, 2.24) is 0 Å². The summed E-state index contributed by atoms with van der Waals surface area (Å²) >= 11 is 0. The first-order valence-electron chi connectivity index (χ1n) is 5.23. The Hall–Kier alpha value is 0.390. The van der Waals surface area contributed by atoms with Crippen molar-refractivity contribution in [3.8, 4) is 0 Å². The van der Waals surface area contributed by atoms with Crippen LogP contribution in [0.15, 0.2) is 0 Å². The lowest BCUT2D eigenvalue weighted by molar-refractivity contribution is 0.701. The first-order valence-corrected chi connectivity index (χ1v) is 6.65. The second-order valence-corrected chi connectivity index (χ2v) is 5.08. The summed E-state index contributed by atoms with van der Waals surface area (Å²) in [6.07, 6.45) is 9.64. The highest BCUT2D eigenvalue weighted by molar-refractivity contribution is 7.37. The van der Waals surface area contributed by atoms with E-state index in [4.69, 9.17) is 5.73 Å². The molecule has 2 atom stereocenters. The van der Waals surface area contributed by atoms with E-state index in [-0.39, 0.29) is 0 Å². The second-order valence-electron chi connectivity index (χ2n) is 3.58. The van der Waals surface area contributed by atoms with Crippen LogP contribution in [0, 0.1) is 0 Å². The third-order valence-electron chi connectivity index (χ3n) is 1.98. The minimum Gasteiger partial charge on any atom is -0.328 e. The molecule has 74 valence electrons. The summed E-state index contributed by atoms with van der Waals surface area (Å²) in [4.78, 5) is 0. The fourth-order valence-electron chi connectivity index (χ4n) is 1.13. The van der Waals surface area contributed by atoms with Crippen molar-refractivity contribution in [2.75, 3.05) is 12.3 Å². The molecule has 0 fully saturated rings. The Bertz CT molecular complexity index is 83.9. The zero-order valence-corrected chi connectivity index (χ0v) is 9.60. The lowest BCUT2D eigenvalue weighted by atomic mass is 10.2. The van der Waals surface area contributed by atoms with E-state index in [1.807, 2.05) is 0 Å². The average Bonchev–Trinajstić information content (AvgIpc) is 2.02. The van der Waals surface area contributed by atoms with Crippen LogP contribution in [0.2, 0.25) is 0 Å². The Kier molecular flexibility index (Phi) is 9.79. The molecule has 0 aromatic carbocycles. The highest BCUT2D eigenvalue weighted by Gasteiger charge is 1.93. The van der Waals surface area contributed by atoms with E-state index >= 15 is 0 Å². The van der Waals surface area contributed by atoms with E-state index in [0.717, 1.165) is 8.58 Å². The maximum absolute atomic E-state index is 5.66. The number of rotatable bonds is 8. The fourth-order valence-corrected chi connectivity index (χ4v) is 2.54. The molecule has 0 heterocycles. The SMILES string of the molecule is CCCCCCPCCC(C)N. The molecule has 0 aliphatic heterocycles. The highest BCUT2D eigenvalue weighted by Crippen LogP contribution is 2.15. The molecule has 2 unspecified atom stereocenters. The van der Waals surface area contributed by atoms with Gasteiger partial charge in [-0.15, -0.1) is 8.58 Å². The molecule has 12 heavy (non-hydrogen) atoms. The quantitative estimate of drug-likeness (QED) is 0.461. The Morgan fingerprint density at radius 1 is 1.17 bits per heavy atom. The van der Waals surface area contributed by atoms with Crippen LogP contribution in [0.3, 0.4) is 0 Å². The minimum atomic E-state index is 0.410. The Morgan fingerprint density at radius 3 is 2.50 bits per heavy atom. The molecule has 2 N–H and O–H groups in total. The molecular weight excluding hydrogens is 165 g/mol. The summed E-state index contributed by atoms with van der Waals surface area (Å²) in [5, 5.41) is 0. The highest BCUT2D eigenvalue weighted by atomic mass is 31.1. The predicted molar refractivity (Wildman–Crippen MR) is 60.5 cm³/mol. The van der Waals surface area contributed by atoms with Crippen LogP contribution in [-0.2, 0) is 0 Å². The molecule has 0 saturated heterocycles. The second kappa shape index (κ2) is 9.48. The fraction of sp³-hybridized carbons (Fsp3) is 1.00. The van der Waals surface area contributed by atoms with Crippen molar-refractivity contribution in [3.05, 3.63) is 0 Å². The van der Waals surface area contributed by atoms with Crippen LogP contribution in [0.25, 0.3) is 0 Å². The number of unbranched alkanes of at least 4 members (excludes halogenated alkanes) is 3.